The molecule has 0 fully saturated rings. The minimum Gasteiger partial charge on any atom is -0.368 e. The smallest absolute Gasteiger partial charge is 0.241 e. The van der Waals surface area contributed by atoms with E-state index in [9.17, 15) is 0 Å². The molecule has 0 aliphatic carbocycles. The van der Waals surface area contributed by atoms with E-state index in [4.69, 9.17) is 5.73 Å². The van der Waals surface area contributed by atoms with E-state index >= 15 is 0 Å². The first-order chi connectivity index (χ1) is 9.69. The molecule has 2 heterocycles. The summed E-state index contributed by atoms with van der Waals surface area (Å²) in [7, 11) is 0. The highest BCUT2D eigenvalue weighted by atomic mass is 79.9. The number of nitrogens with two attached hydrogens (primary N) is 1. The summed E-state index contributed by atoms with van der Waals surface area (Å²) in [4.78, 5) is 16.7. The standard InChI is InChI=1S/C12H12BrN7/c1-2-15-11-18-8-4-3-7(13)5-9(8)20(11)12-17-6-16-10(14)19-12/h3-6H,2H2,1H3,(H,15,18)(H2,14,16,17,19). The van der Waals surface area contributed by atoms with Crippen molar-refractivity contribution in [3.63, 3.8) is 0 Å². The summed E-state index contributed by atoms with van der Waals surface area (Å²) in [6.07, 6.45) is 1.39. The lowest BCUT2D eigenvalue weighted by Crippen LogP contribution is -2.09. The number of imidazole rings is 1. The monoisotopic (exact) mass is 333 g/mol. The van der Waals surface area contributed by atoms with Crippen molar-refractivity contribution in [2.24, 2.45) is 0 Å². The topological polar surface area (TPSA) is 94.5 Å². The molecular weight excluding hydrogens is 322 g/mol. The van der Waals surface area contributed by atoms with Crippen LogP contribution in [0.5, 0.6) is 0 Å². The van der Waals surface area contributed by atoms with Crippen molar-refractivity contribution in [3.05, 3.63) is 29.0 Å². The Morgan fingerprint density at radius 3 is 2.90 bits per heavy atom. The first kappa shape index (κ1) is 12.8. The number of aromatic nitrogens is 5. The molecule has 20 heavy (non-hydrogen) atoms. The highest BCUT2D eigenvalue weighted by Crippen LogP contribution is 2.25. The van der Waals surface area contributed by atoms with E-state index in [-0.39, 0.29) is 5.95 Å². The summed E-state index contributed by atoms with van der Waals surface area (Å²) >= 11 is 3.46. The van der Waals surface area contributed by atoms with Crippen LogP contribution in [0, 0.1) is 0 Å². The Bertz CT molecular complexity index is 768. The van der Waals surface area contributed by atoms with Gasteiger partial charge in [-0.3, -0.25) is 0 Å². The number of nitrogens with zero attached hydrogens (tertiary/aromatic N) is 5. The van der Waals surface area contributed by atoms with E-state index in [1.807, 2.05) is 29.7 Å². The number of nitrogens with one attached hydrogen (secondary N) is 1. The highest BCUT2D eigenvalue weighted by molar-refractivity contribution is 9.10. The number of anilines is 2. The maximum atomic E-state index is 5.64. The number of benzene rings is 1. The maximum absolute atomic E-state index is 5.64. The molecule has 3 N–H and O–H groups in total. The summed E-state index contributed by atoms with van der Waals surface area (Å²) in [5.41, 5.74) is 7.38. The second-order valence-corrected chi connectivity index (χ2v) is 4.99. The molecule has 0 atom stereocenters. The largest absolute Gasteiger partial charge is 0.368 e. The molecule has 0 radical (unpaired) electrons. The average Bonchev–Trinajstić information content (AvgIpc) is 2.76. The maximum Gasteiger partial charge on any atom is 0.241 e. The molecule has 0 aliphatic heterocycles. The van der Waals surface area contributed by atoms with Gasteiger partial charge in [0.25, 0.3) is 0 Å². The van der Waals surface area contributed by atoms with Gasteiger partial charge in [0.1, 0.15) is 6.33 Å². The van der Waals surface area contributed by atoms with Crippen molar-refractivity contribution in [2.75, 3.05) is 17.6 Å². The van der Waals surface area contributed by atoms with Crippen LogP contribution in [0.15, 0.2) is 29.0 Å². The zero-order valence-corrected chi connectivity index (χ0v) is 12.3. The van der Waals surface area contributed by atoms with Crippen LogP contribution in [-0.2, 0) is 0 Å². The summed E-state index contributed by atoms with van der Waals surface area (Å²) in [6.45, 7) is 2.74. The van der Waals surface area contributed by atoms with Gasteiger partial charge in [-0.25, -0.2) is 19.5 Å². The molecule has 0 saturated carbocycles. The molecular formula is C12H12BrN7. The van der Waals surface area contributed by atoms with Crippen LogP contribution in [0.2, 0.25) is 0 Å². The Labute approximate surface area is 123 Å². The normalized spacial score (nSPS) is 10.9. The lowest BCUT2D eigenvalue weighted by Gasteiger charge is -2.07. The minimum atomic E-state index is 0.175. The van der Waals surface area contributed by atoms with Crippen LogP contribution in [-0.4, -0.2) is 31.0 Å². The summed E-state index contributed by atoms with van der Waals surface area (Å²) < 4.78 is 2.78. The van der Waals surface area contributed by atoms with Gasteiger partial charge in [-0.15, -0.1) is 0 Å². The van der Waals surface area contributed by atoms with E-state index in [0.717, 1.165) is 22.1 Å². The third-order valence-corrected chi connectivity index (χ3v) is 3.22. The molecule has 1 aromatic carbocycles. The molecule has 0 amide bonds. The Hall–Kier alpha value is -2.22. The zero-order valence-electron chi connectivity index (χ0n) is 10.7. The fourth-order valence-corrected chi connectivity index (χ4v) is 2.28. The molecule has 3 aromatic rings. The molecule has 102 valence electrons. The second-order valence-electron chi connectivity index (χ2n) is 4.08. The van der Waals surface area contributed by atoms with Crippen molar-refractivity contribution in [1.82, 2.24) is 24.5 Å². The summed E-state index contributed by atoms with van der Waals surface area (Å²) in [5, 5.41) is 3.20. The van der Waals surface area contributed by atoms with E-state index < -0.39 is 0 Å². The SMILES string of the molecule is CCNc1nc2ccc(Br)cc2n1-c1ncnc(N)n1. The molecule has 0 spiro atoms. The van der Waals surface area contributed by atoms with Gasteiger partial charge in [-0.05, 0) is 25.1 Å². The quantitative estimate of drug-likeness (QED) is 0.761. The third kappa shape index (κ3) is 2.18. The van der Waals surface area contributed by atoms with Crippen LogP contribution in [0.25, 0.3) is 17.0 Å². The van der Waals surface area contributed by atoms with Gasteiger partial charge >= 0.3 is 0 Å². The van der Waals surface area contributed by atoms with Crippen molar-refractivity contribution in [1.29, 1.82) is 0 Å². The fourth-order valence-electron chi connectivity index (χ4n) is 1.94. The fraction of sp³-hybridized carbons (Fsp3) is 0.167. The van der Waals surface area contributed by atoms with E-state index in [2.05, 4.69) is 41.2 Å². The molecule has 3 rings (SSSR count). The summed E-state index contributed by atoms with van der Waals surface area (Å²) in [5.74, 6) is 1.29. The third-order valence-electron chi connectivity index (χ3n) is 2.73. The van der Waals surface area contributed by atoms with Gasteiger partial charge in [-0.2, -0.15) is 4.98 Å². The van der Waals surface area contributed by atoms with E-state index in [0.29, 0.717) is 11.9 Å². The van der Waals surface area contributed by atoms with Gasteiger partial charge in [0.15, 0.2) is 0 Å². The number of rotatable bonds is 3. The van der Waals surface area contributed by atoms with Gasteiger partial charge in [0.2, 0.25) is 17.8 Å². The van der Waals surface area contributed by atoms with Gasteiger partial charge in [0, 0.05) is 11.0 Å². The highest BCUT2D eigenvalue weighted by Gasteiger charge is 2.14. The number of hydrogen-bond donors (Lipinski definition) is 2. The van der Waals surface area contributed by atoms with E-state index in [1.54, 1.807) is 0 Å². The molecule has 0 saturated heterocycles. The van der Waals surface area contributed by atoms with Gasteiger partial charge < -0.3 is 11.1 Å². The predicted molar refractivity (Wildman–Crippen MR) is 80.7 cm³/mol. The number of nitrogen functional groups attached to an aromatic ring is 1. The predicted octanol–water partition coefficient (Wildman–Crippen LogP) is 1.99. The minimum absolute atomic E-state index is 0.175. The molecule has 0 aliphatic rings. The van der Waals surface area contributed by atoms with Crippen molar-refractivity contribution in [3.8, 4) is 5.95 Å². The Kier molecular flexibility index (Phi) is 3.23. The van der Waals surface area contributed by atoms with Crippen molar-refractivity contribution in [2.45, 2.75) is 6.92 Å². The number of hydrogen-bond acceptors (Lipinski definition) is 6. The molecule has 0 bridgehead atoms. The molecule has 7 nitrogen and oxygen atoms in total. The van der Waals surface area contributed by atoms with Gasteiger partial charge in [0.05, 0.1) is 11.0 Å². The first-order valence-electron chi connectivity index (χ1n) is 6.06. The van der Waals surface area contributed by atoms with Crippen LogP contribution in [0.4, 0.5) is 11.9 Å². The van der Waals surface area contributed by atoms with Gasteiger partial charge in [-0.1, -0.05) is 15.9 Å². The molecule has 0 unspecified atom stereocenters. The Morgan fingerprint density at radius 2 is 2.15 bits per heavy atom. The molecule has 8 heteroatoms. The van der Waals surface area contributed by atoms with Crippen molar-refractivity contribution >= 4 is 38.9 Å². The summed E-state index contributed by atoms with van der Waals surface area (Å²) in [6, 6.07) is 5.83. The zero-order chi connectivity index (χ0) is 14.1. The van der Waals surface area contributed by atoms with Crippen LogP contribution >= 0.6 is 15.9 Å². The Morgan fingerprint density at radius 1 is 1.30 bits per heavy atom. The number of halogens is 1. The average molecular weight is 334 g/mol. The Balaban J connectivity index is 2.30. The lowest BCUT2D eigenvalue weighted by atomic mass is 10.3. The lowest BCUT2D eigenvalue weighted by molar-refractivity contribution is 0.916. The number of fused-ring (bicyclic) bond motifs is 1. The van der Waals surface area contributed by atoms with Crippen molar-refractivity contribution < 1.29 is 0 Å². The second kappa shape index (κ2) is 5.04. The molecule has 2 aromatic heterocycles. The van der Waals surface area contributed by atoms with Crippen LogP contribution in [0.1, 0.15) is 6.92 Å². The van der Waals surface area contributed by atoms with Crippen LogP contribution in [0.3, 0.4) is 0 Å². The first-order valence-corrected chi connectivity index (χ1v) is 6.85. The van der Waals surface area contributed by atoms with Crippen LogP contribution < -0.4 is 11.1 Å². The van der Waals surface area contributed by atoms with E-state index in [1.165, 1.54) is 6.33 Å².